The summed E-state index contributed by atoms with van der Waals surface area (Å²) in [6, 6.07) is -2.94. The fourth-order valence-corrected chi connectivity index (χ4v) is 2.44. The van der Waals surface area contributed by atoms with Gasteiger partial charge in [-0.3, -0.25) is 14.4 Å². The molecule has 0 radical (unpaired) electrons. The van der Waals surface area contributed by atoms with E-state index in [0.717, 1.165) is 0 Å². The number of carbonyl (C=O) groups is 4. The molecule has 0 spiro atoms. The summed E-state index contributed by atoms with van der Waals surface area (Å²) in [4.78, 5) is 47.6. The van der Waals surface area contributed by atoms with Gasteiger partial charge in [0, 0.05) is 5.75 Å². The Labute approximate surface area is 159 Å². The predicted molar refractivity (Wildman–Crippen MR) is 101 cm³/mol. The van der Waals surface area contributed by atoms with Gasteiger partial charge in [-0.1, -0.05) is 27.7 Å². The summed E-state index contributed by atoms with van der Waals surface area (Å²) in [5.41, 5.74) is 5.28. The van der Waals surface area contributed by atoms with Crippen LogP contribution in [-0.4, -0.2) is 59.2 Å². The van der Waals surface area contributed by atoms with E-state index in [4.69, 9.17) is 10.8 Å². The Bertz CT molecular complexity index is 513. The van der Waals surface area contributed by atoms with Gasteiger partial charge in [0.05, 0.1) is 6.54 Å². The molecule has 0 aromatic carbocycles. The molecule has 0 heterocycles. The van der Waals surface area contributed by atoms with Crippen molar-refractivity contribution < 1.29 is 24.3 Å². The Hall–Kier alpha value is -1.81. The third kappa shape index (κ3) is 8.52. The fraction of sp³-hybridized carbons (Fsp3) is 0.750. The van der Waals surface area contributed by atoms with Crippen molar-refractivity contribution in [3.63, 3.8) is 0 Å². The molecule has 26 heavy (non-hydrogen) atoms. The minimum atomic E-state index is -1.21. The number of nitrogens with one attached hydrogen (secondary N) is 3. The highest BCUT2D eigenvalue weighted by Crippen LogP contribution is 2.08. The number of hydrogen-bond acceptors (Lipinski definition) is 6. The number of nitrogens with two attached hydrogens (primary N) is 1. The molecule has 0 saturated heterocycles. The van der Waals surface area contributed by atoms with E-state index in [2.05, 4.69) is 28.6 Å². The number of aliphatic carboxylic acids is 1. The second-order valence-corrected chi connectivity index (χ2v) is 7.13. The van der Waals surface area contributed by atoms with E-state index in [-0.39, 0.29) is 24.1 Å². The number of rotatable bonds is 11. The maximum atomic E-state index is 12.6. The van der Waals surface area contributed by atoms with Gasteiger partial charge < -0.3 is 26.8 Å². The van der Waals surface area contributed by atoms with Crippen LogP contribution in [0.4, 0.5) is 0 Å². The van der Waals surface area contributed by atoms with Crippen molar-refractivity contribution >= 4 is 36.3 Å². The molecule has 0 saturated carbocycles. The predicted octanol–water partition coefficient (Wildman–Crippen LogP) is -0.884. The molecule has 0 aromatic heterocycles. The summed E-state index contributed by atoms with van der Waals surface area (Å²) < 4.78 is 0. The largest absolute Gasteiger partial charge is 0.480 e. The molecule has 0 aromatic rings. The monoisotopic (exact) mass is 390 g/mol. The number of carboxylic acid groups (broad SMARTS) is 1. The fourth-order valence-electron chi connectivity index (χ4n) is 2.19. The van der Waals surface area contributed by atoms with Gasteiger partial charge in [0.25, 0.3) is 0 Å². The lowest BCUT2D eigenvalue weighted by Crippen LogP contribution is -2.58. The van der Waals surface area contributed by atoms with Crippen molar-refractivity contribution in [2.45, 2.75) is 52.2 Å². The van der Waals surface area contributed by atoms with E-state index in [9.17, 15) is 19.2 Å². The van der Waals surface area contributed by atoms with E-state index >= 15 is 0 Å². The van der Waals surface area contributed by atoms with Crippen molar-refractivity contribution in [2.75, 3.05) is 12.3 Å². The van der Waals surface area contributed by atoms with Gasteiger partial charge in [-0.05, 0) is 18.3 Å². The molecular weight excluding hydrogens is 360 g/mol. The molecule has 0 aliphatic carbocycles. The minimum absolute atomic E-state index is 0.0810. The van der Waals surface area contributed by atoms with Crippen LogP contribution in [0.25, 0.3) is 0 Å². The van der Waals surface area contributed by atoms with Crippen molar-refractivity contribution in [3.8, 4) is 0 Å². The highest BCUT2D eigenvalue weighted by molar-refractivity contribution is 7.80. The Morgan fingerprint density at radius 2 is 1.54 bits per heavy atom. The summed E-state index contributed by atoms with van der Waals surface area (Å²) in [5, 5.41) is 16.5. The van der Waals surface area contributed by atoms with Crippen LogP contribution >= 0.6 is 12.6 Å². The molecule has 0 aliphatic heterocycles. The molecule has 150 valence electrons. The van der Waals surface area contributed by atoms with Gasteiger partial charge in [0.2, 0.25) is 17.7 Å². The molecule has 0 aliphatic rings. The van der Waals surface area contributed by atoms with Gasteiger partial charge >= 0.3 is 5.97 Å². The summed E-state index contributed by atoms with van der Waals surface area (Å²) in [6.07, 6.45) is 0.373. The quantitative estimate of drug-likeness (QED) is 0.252. The van der Waals surface area contributed by atoms with Crippen molar-refractivity contribution in [2.24, 2.45) is 17.6 Å². The summed E-state index contributed by atoms with van der Waals surface area (Å²) in [6.45, 7) is 6.98. The second kappa shape index (κ2) is 11.7. The lowest BCUT2D eigenvalue weighted by Gasteiger charge is -2.27. The molecule has 3 unspecified atom stereocenters. The first-order valence-corrected chi connectivity index (χ1v) is 9.10. The second-order valence-electron chi connectivity index (χ2n) is 6.77. The number of carboxylic acids is 1. The molecule has 10 heteroatoms. The number of carbonyl (C=O) groups excluding carboxylic acids is 3. The number of hydrogen-bond donors (Lipinski definition) is 6. The first-order valence-electron chi connectivity index (χ1n) is 8.47. The van der Waals surface area contributed by atoms with Crippen molar-refractivity contribution in [1.82, 2.24) is 16.0 Å². The van der Waals surface area contributed by atoms with Crippen LogP contribution in [0, 0.1) is 11.8 Å². The average Bonchev–Trinajstić information content (AvgIpc) is 2.55. The van der Waals surface area contributed by atoms with Crippen LogP contribution < -0.4 is 21.7 Å². The molecular formula is C16H30N4O5S. The van der Waals surface area contributed by atoms with E-state index in [1.165, 1.54) is 0 Å². The zero-order valence-electron chi connectivity index (χ0n) is 15.6. The van der Waals surface area contributed by atoms with Crippen LogP contribution in [0.3, 0.4) is 0 Å². The molecule has 0 fully saturated rings. The first kappa shape index (κ1) is 24.2. The van der Waals surface area contributed by atoms with Gasteiger partial charge in [0.15, 0.2) is 0 Å². The zero-order chi connectivity index (χ0) is 20.4. The maximum Gasteiger partial charge on any atom is 0.327 e. The van der Waals surface area contributed by atoms with Crippen LogP contribution in [0.1, 0.15) is 34.1 Å². The Morgan fingerprint density at radius 1 is 0.962 bits per heavy atom. The van der Waals surface area contributed by atoms with Crippen LogP contribution in [0.5, 0.6) is 0 Å². The van der Waals surface area contributed by atoms with Crippen molar-refractivity contribution in [1.29, 1.82) is 0 Å². The summed E-state index contributed by atoms with van der Waals surface area (Å²) >= 11 is 3.90. The van der Waals surface area contributed by atoms with E-state index in [0.29, 0.717) is 6.42 Å². The normalized spacial score (nSPS) is 14.5. The summed E-state index contributed by atoms with van der Waals surface area (Å²) in [7, 11) is 0. The molecule has 9 nitrogen and oxygen atoms in total. The highest BCUT2D eigenvalue weighted by atomic mass is 32.1. The topological polar surface area (TPSA) is 151 Å². The van der Waals surface area contributed by atoms with Crippen LogP contribution in [0.15, 0.2) is 0 Å². The maximum absolute atomic E-state index is 12.6. The Balaban J connectivity index is 5.19. The van der Waals surface area contributed by atoms with Gasteiger partial charge in [-0.15, -0.1) is 0 Å². The lowest BCUT2D eigenvalue weighted by molar-refractivity contribution is -0.142. The number of thiol groups is 1. The SMILES string of the molecule is CC(C)CC(NC(=O)CN)C(=O)NC(C(=O)NC(CS)C(=O)O)C(C)C. The molecule has 0 rings (SSSR count). The molecule has 3 atom stereocenters. The third-order valence-electron chi connectivity index (χ3n) is 3.59. The van der Waals surface area contributed by atoms with Crippen LogP contribution in [-0.2, 0) is 19.2 Å². The van der Waals surface area contributed by atoms with E-state index in [1.807, 2.05) is 13.8 Å². The highest BCUT2D eigenvalue weighted by Gasteiger charge is 2.31. The number of amides is 3. The minimum Gasteiger partial charge on any atom is -0.480 e. The smallest absolute Gasteiger partial charge is 0.327 e. The van der Waals surface area contributed by atoms with Gasteiger partial charge in [-0.25, -0.2) is 4.79 Å². The summed E-state index contributed by atoms with van der Waals surface area (Å²) in [5.74, 6) is -3.08. The zero-order valence-corrected chi connectivity index (χ0v) is 16.5. The Morgan fingerprint density at radius 3 is 1.92 bits per heavy atom. The first-order chi connectivity index (χ1) is 12.0. The van der Waals surface area contributed by atoms with E-state index in [1.54, 1.807) is 13.8 Å². The average molecular weight is 391 g/mol. The molecule has 3 amide bonds. The third-order valence-corrected chi connectivity index (χ3v) is 3.95. The molecule has 0 bridgehead atoms. The van der Waals surface area contributed by atoms with Gasteiger partial charge in [-0.2, -0.15) is 12.6 Å². The van der Waals surface area contributed by atoms with Gasteiger partial charge in [0.1, 0.15) is 18.1 Å². The van der Waals surface area contributed by atoms with Crippen LogP contribution in [0.2, 0.25) is 0 Å². The van der Waals surface area contributed by atoms with Crippen molar-refractivity contribution in [3.05, 3.63) is 0 Å². The molecule has 6 N–H and O–H groups in total. The standard InChI is InChI=1S/C16H30N4O5S/c1-8(2)5-10(18-12(21)6-17)14(22)20-13(9(3)4)15(23)19-11(7-26)16(24)25/h8-11,13,26H,5-7,17H2,1-4H3,(H,18,21)(H,19,23)(H,20,22)(H,24,25). The Kier molecular flexibility index (Phi) is 10.9. The lowest BCUT2D eigenvalue weighted by atomic mass is 9.99. The van der Waals surface area contributed by atoms with E-state index < -0.39 is 41.8 Å².